The highest BCUT2D eigenvalue weighted by Gasteiger charge is 2.29. The summed E-state index contributed by atoms with van der Waals surface area (Å²) in [7, 11) is 0. The van der Waals surface area contributed by atoms with Crippen LogP contribution in [0.25, 0.3) is 0 Å². The van der Waals surface area contributed by atoms with Crippen molar-refractivity contribution in [2.24, 2.45) is 5.92 Å². The van der Waals surface area contributed by atoms with E-state index in [1.54, 1.807) is 12.3 Å². The second-order valence-corrected chi connectivity index (χ2v) is 5.21. The van der Waals surface area contributed by atoms with Crippen molar-refractivity contribution < 1.29 is 9.53 Å². The minimum Gasteiger partial charge on any atom is -0.473 e. The van der Waals surface area contributed by atoms with Gasteiger partial charge in [-0.1, -0.05) is 6.92 Å². The lowest BCUT2D eigenvalue weighted by atomic mass is 10.0. The van der Waals surface area contributed by atoms with Gasteiger partial charge in [0.15, 0.2) is 0 Å². The Hall–Kier alpha value is -1.62. The van der Waals surface area contributed by atoms with E-state index in [9.17, 15) is 4.79 Å². The molecule has 0 aromatic carbocycles. The molecule has 0 bridgehead atoms. The third kappa shape index (κ3) is 3.44. The van der Waals surface area contributed by atoms with Crippen LogP contribution >= 0.6 is 0 Å². The second kappa shape index (κ2) is 6.02. The molecule has 2 N–H and O–H groups in total. The predicted octanol–water partition coefficient (Wildman–Crippen LogP) is 1.81. The van der Waals surface area contributed by atoms with Gasteiger partial charge in [-0.15, -0.1) is 0 Å². The minimum atomic E-state index is -0.132. The molecule has 0 spiro atoms. The van der Waals surface area contributed by atoms with Gasteiger partial charge >= 0.3 is 0 Å². The summed E-state index contributed by atoms with van der Waals surface area (Å²) in [6.45, 7) is 6.84. The molecule has 1 aromatic rings. The summed E-state index contributed by atoms with van der Waals surface area (Å²) in [6, 6.07) is 3.46. The van der Waals surface area contributed by atoms with Crippen LogP contribution in [0.3, 0.4) is 0 Å². The minimum absolute atomic E-state index is 0.0217. The fourth-order valence-corrected chi connectivity index (χ4v) is 2.20. The number of pyridine rings is 1. The van der Waals surface area contributed by atoms with Gasteiger partial charge in [-0.3, -0.25) is 4.79 Å². The van der Waals surface area contributed by atoms with Gasteiger partial charge in [0.1, 0.15) is 5.69 Å². The van der Waals surface area contributed by atoms with Crippen LogP contribution in [0.4, 0.5) is 5.69 Å². The molecule has 2 unspecified atom stereocenters. The van der Waals surface area contributed by atoms with Gasteiger partial charge in [0.2, 0.25) is 11.8 Å². The lowest BCUT2D eigenvalue weighted by Crippen LogP contribution is -2.39. The van der Waals surface area contributed by atoms with Crippen LogP contribution in [-0.4, -0.2) is 29.6 Å². The molecule has 1 amide bonds. The number of hydrogen-bond acceptors (Lipinski definition) is 4. The normalized spacial score (nSPS) is 22.5. The van der Waals surface area contributed by atoms with Crippen LogP contribution in [-0.2, 0) is 4.79 Å². The Morgan fingerprint density at radius 3 is 3.00 bits per heavy atom. The van der Waals surface area contributed by atoms with E-state index in [1.165, 1.54) is 0 Å². The van der Waals surface area contributed by atoms with Crippen molar-refractivity contribution in [1.82, 2.24) is 10.3 Å². The molecule has 5 heteroatoms. The molecule has 1 aliphatic rings. The summed E-state index contributed by atoms with van der Waals surface area (Å²) in [5, 5.41) is 6.11. The van der Waals surface area contributed by atoms with E-state index in [4.69, 9.17) is 4.74 Å². The molecule has 2 rings (SSSR count). The van der Waals surface area contributed by atoms with Crippen molar-refractivity contribution >= 4 is 11.6 Å². The zero-order valence-corrected chi connectivity index (χ0v) is 11.6. The number of carbonyl (C=O) groups excluding carboxylic acids is 1. The number of hydrogen-bond donors (Lipinski definition) is 2. The van der Waals surface area contributed by atoms with Crippen molar-refractivity contribution in [3.8, 4) is 5.88 Å². The molecule has 0 saturated carbocycles. The van der Waals surface area contributed by atoms with Gasteiger partial charge in [0.25, 0.3) is 0 Å². The Balaban J connectivity index is 2.08. The zero-order valence-electron chi connectivity index (χ0n) is 11.6. The van der Waals surface area contributed by atoms with E-state index in [2.05, 4.69) is 22.5 Å². The highest BCUT2D eigenvalue weighted by molar-refractivity contribution is 5.96. The number of nitrogens with one attached hydrogen (secondary N) is 2. The first kappa shape index (κ1) is 13.8. The van der Waals surface area contributed by atoms with Crippen molar-refractivity contribution in [2.75, 3.05) is 11.9 Å². The molecular formula is C14H21N3O2. The van der Waals surface area contributed by atoms with Crippen molar-refractivity contribution in [3.05, 3.63) is 18.3 Å². The quantitative estimate of drug-likeness (QED) is 0.869. The Kier molecular flexibility index (Phi) is 4.37. The molecule has 1 aliphatic heterocycles. The Bertz CT molecular complexity index is 448. The highest BCUT2D eigenvalue weighted by Crippen LogP contribution is 2.23. The highest BCUT2D eigenvalue weighted by atomic mass is 16.5. The first-order valence-electron chi connectivity index (χ1n) is 6.74. The lowest BCUT2D eigenvalue weighted by Gasteiger charge is -2.17. The molecule has 1 fully saturated rings. The van der Waals surface area contributed by atoms with Gasteiger partial charge in [-0.05, 0) is 44.9 Å². The first-order valence-corrected chi connectivity index (χ1v) is 6.74. The van der Waals surface area contributed by atoms with Crippen LogP contribution < -0.4 is 15.4 Å². The number of anilines is 1. The molecule has 1 aromatic heterocycles. The summed E-state index contributed by atoms with van der Waals surface area (Å²) >= 11 is 0. The van der Waals surface area contributed by atoms with Gasteiger partial charge in [0, 0.05) is 6.20 Å². The molecule has 1 saturated heterocycles. The SMILES string of the molecule is CC(C)Oc1ncccc1NC(=O)C1NCCC1C. The molecule has 2 heterocycles. The van der Waals surface area contributed by atoms with Crippen molar-refractivity contribution in [3.63, 3.8) is 0 Å². The molecule has 0 aliphatic carbocycles. The van der Waals surface area contributed by atoms with Crippen LogP contribution in [0.2, 0.25) is 0 Å². The van der Waals surface area contributed by atoms with Gasteiger partial charge in [-0.2, -0.15) is 0 Å². The summed E-state index contributed by atoms with van der Waals surface area (Å²) < 4.78 is 5.59. The van der Waals surface area contributed by atoms with E-state index in [-0.39, 0.29) is 18.1 Å². The van der Waals surface area contributed by atoms with Gasteiger partial charge in [-0.25, -0.2) is 4.98 Å². The number of carbonyl (C=O) groups is 1. The van der Waals surface area contributed by atoms with Crippen LogP contribution in [0, 0.1) is 5.92 Å². The maximum absolute atomic E-state index is 12.2. The largest absolute Gasteiger partial charge is 0.473 e. The van der Waals surface area contributed by atoms with Crippen molar-refractivity contribution in [1.29, 1.82) is 0 Å². The molecule has 2 atom stereocenters. The standard InChI is InChI=1S/C14H21N3O2/c1-9(2)19-14-11(5-4-7-16-14)17-13(18)12-10(3)6-8-15-12/h4-5,7,9-10,12,15H,6,8H2,1-3H3,(H,17,18). The summed E-state index contributed by atoms with van der Waals surface area (Å²) in [5.41, 5.74) is 0.627. The number of ether oxygens (including phenoxy) is 1. The fraction of sp³-hybridized carbons (Fsp3) is 0.571. The van der Waals surface area contributed by atoms with E-state index >= 15 is 0 Å². The van der Waals surface area contributed by atoms with Crippen molar-refractivity contribution in [2.45, 2.75) is 39.3 Å². The number of nitrogens with zero attached hydrogens (tertiary/aromatic N) is 1. The Morgan fingerprint density at radius 2 is 2.37 bits per heavy atom. The first-order chi connectivity index (χ1) is 9.08. The maximum atomic E-state index is 12.2. The van der Waals surface area contributed by atoms with E-state index in [0.29, 0.717) is 17.5 Å². The predicted molar refractivity (Wildman–Crippen MR) is 74.2 cm³/mol. The number of amides is 1. The molecule has 5 nitrogen and oxygen atoms in total. The summed E-state index contributed by atoms with van der Waals surface area (Å²) in [6.07, 6.45) is 2.71. The summed E-state index contributed by atoms with van der Waals surface area (Å²) in [5.74, 6) is 0.800. The monoisotopic (exact) mass is 263 g/mol. The van der Waals surface area contributed by atoms with Gasteiger partial charge in [0.05, 0.1) is 12.1 Å². The molecular weight excluding hydrogens is 242 g/mol. The smallest absolute Gasteiger partial charge is 0.241 e. The molecule has 19 heavy (non-hydrogen) atoms. The van der Waals surface area contributed by atoms with Crippen LogP contribution in [0.15, 0.2) is 18.3 Å². The average molecular weight is 263 g/mol. The third-order valence-corrected chi connectivity index (χ3v) is 3.19. The number of aromatic nitrogens is 1. The summed E-state index contributed by atoms with van der Waals surface area (Å²) in [4.78, 5) is 16.4. The fourth-order valence-electron chi connectivity index (χ4n) is 2.20. The van der Waals surface area contributed by atoms with Gasteiger partial charge < -0.3 is 15.4 Å². The Labute approximate surface area is 113 Å². The topological polar surface area (TPSA) is 63.2 Å². The second-order valence-electron chi connectivity index (χ2n) is 5.21. The molecule has 104 valence electrons. The lowest BCUT2D eigenvalue weighted by molar-refractivity contribution is -0.118. The third-order valence-electron chi connectivity index (χ3n) is 3.19. The van der Waals surface area contributed by atoms with E-state index in [1.807, 2.05) is 19.9 Å². The average Bonchev–Trinajstić information content (AvgIpc) is 2.77. The maximum Gasteiger partial charge on any atom is 0.241 e. The van der Waals surface area contributed by atoms with Crippen LogP contribution in [0.1, 0.15) is 27.2 Å². The number of rotatable bonds is 4. The zero-order chi connectivity index (χ0) is 13.8. The molecule has 0 radical (unpaired) electrons. The van der Waals surface area contributed by atoms with Crippen LogP contribution in [0.5, 0.6) is 5.88 Å². The Morgan fingerprint density at radius 1 is 1.58 bits per heavy atom. The van der Waals surface area contributed by atoms with E-state index < -0.39 is 0 Å². The van der Waals surface area contributed by atoms with E-state index in [0.717, 1.165) is 13.0 Å².